The Morgan fingerprint density at radius 1 is 1.04 bits per heavy atom. The van der Waals surface area contributed by atoms with Gasteiger partial charge in [-0.15, -0.1) is 0 Å². The third-order valence-corrected chi connectivity index (χ3v) is 9.68. The molecular formula is C35H39FN6O5. The highest BCUT2D eigenvalue weighted by atomic mass is 19.1. The van der Waals surface area contributed by atoms with Gasteiger partial charge in [0, 0.05) is 36.9 Å². The Bertz CT molecular complexity index is 1880. The maximum atomic E-state index is 16.9. The second-order valence-electron chi connectivity index (χ2n) is 13.9. The number of carboxylic acid groups (broad SMARTS) is 1. The molecule has 12 heteroatoms. The van der Waals surface area contributed by atoms with Crippen LogP contribution in [0.25, 0.3) is 32.9 Å². The minimum absolute atomic E-state index is 0.0608. The monoisotopic (exact) mass is 642 g/mol. The van der Waals surface area contributed by atoms with Gasteiger partial charge in [0.1, 0.15) is 29.4 Å². The number of ether oxygens (including phenoxy) is 2. The van der Waals surface area contributed by atoms with Crippen molar-refractivity contribution < 1.29 is 28.6 Å². The lowest BCUT2D eigenvalue weighted by Gasteiger charge is -2.51. The summed E-state index contributed by atoms with van der Waals surface area (Å²) in [6, 6.07) is 10.9. The van der Waals surface area contributed by atoms with E-state index in [1.54, 1.807) is 39.1 Å². The first-order valence-electron chi connectivity index (χ1n) is 16.2. The molecule has 6 heterocycles. The maximum absolute atomic E-state index is 16.9. The molecule has 4 aliphatic heterocycles. The van der Waals surface area contributed by atoms with E-state index in [0.29, 0.717) is 42.2 Å². The van der Waals surface area contributed by atoms with Crippen molar-refractivity contribution in [2.24, 2.45) is 5.41 Å². The summed E-state index contributed by atoms with van der Waals surface area (Å²) < 4.78 is 28.8. The Kier molecular flexibility index (Phi) is 7.86. The number of hydrogen-bond acceptors (Lipinski definition) is 9. The highest BCUT2D eigenvalue weighted by molar-refractivity contribution is 6.00. The van der Waals surface area contributed by atoms with Gasteiger partial charge in [-0.25, -0.2) is 9.18 Å². The fraction of sp³-hybridized carbons (Fsp3) is 0.457. The van der Waals surface area contributed by atoms with Crippen LogP contribution in [0.2, 0.25) is 0 Å². The molecule has 246 valence electrons. The van der Waals surface area contributed by atoms with Crippen molar-refractivity contribution in [1.82, 2.24) is 24.8 Å². The lowest BCUT2D eigenvalue weighted by molar-refractivity contribution is -0.142. The van der Waals surface area contributed by atoms with Crippen LogP contribution in [0.4, 0.5) is 15.0 Å². The second-order valence-corrected chi connectivity index (χ2v) is 13.9. The predicted molar refractivity (Wildman–Crippen MR) is 175 cm³/mol. The summed E-state index contributed by atoms with van der Waals surface area (Å²) in [5, 5.41) is 11.7. The molecule has 11 nitrogen and oxygen atoms in total. The molecule has 1 N–H and O–H groups in total. The summed E-state index contributed by atoms with van der Waals surface area (Å²) >= 11 is 0. The van der Waals surface area contributed by atoms with E-state index < -0.39 is 23.3 Å². The Labute approximate surface area is 272 Å². The van der Waals surface area contributed by atoms with Gasteiger partial charge in [-0.3, -0.25) is 9.78 Å². The van der Waals surface area contributed by atoms with Crippen LogP contribution in [-0.4, -0.2) is 93.3 Å². The molecule has 4 aromatic rings. The number of fused-ring (bicyclic) bond motifs is 5. The number of hydrogen-bond donors (Lipinski definition) is 1. The summed E-state index contributed by atoms with van der Waals surface area (Å²) in [5.41, 5.74) is -0.147. The quantitative estimate of drug-likeness (QED) is 0.206. The first-order valence-corrected chi connectivity index (χ1v) is 16.2. The molecule has 4 fully saturated rings. The van der Waals surface area contributed by atoms with Gasteiger partial charge in [0.05, 0.1) is 16.8 Å². The van der Waals surface area contributed by atoms with Crippen LogP contribution >= 0.6 is 0 Å². The number of nitrogens with zero attached hydrogens (tertiary/aromatic N) is 6. The lowest BCUT2D eigenvalue weighted by atomic mass is 9.91. The summed E-state index contributed by atoms with van der Waals surface area (Å²) in [7, 11) is 2.06. The molecule has 47 heavy (non-hydrogen) atoms. The third kappa shape index (κ3) is 5.79. The van der Waals surface area contributed by atoms with E-state index in [0.717, 1.165) is 43.0 Å². The van der Waals surface area contributed by atoms with Crippen molar-refractivity contribution >= 4 is 39.6 Å². The van der Waals surface area contributed by atoms with Crippen molar-refractivity contribution in [2.75, 3.05) is 38.2 Å². The van der Waals surface area contributed by atoms with Gasteiger partial charge >= 0.3 is 18.1 Å². The van der Waals surface area contributed by atoms with Crippen LogP contribution < -0.4 is 14.4 Å². The number of likely N-dealkylation sites (tertiary alicyclic amines) is 1. The van der Waals surface area contributed by atoms with E-state index in [1.165, 1.54) is 4.90 Å². The molecule has 0 unspecified atom stereocenters. The van der Waals surface area contributed by atoms with E-state index in [-0.39, 0.29) is 35.3 Å². The Balaban J connectivity index is 1.34. The molecular weight excluding hydrogens is 603 g/mol. The number of pyridine rings is 1. The standard InChI is InChI=1S/C35H39FN6O5/c1-35(2,3)32(43)47-24-14-20-8-5-6-10-25(20)26(15-24)29-28(36)30-27(16-37-29)31(39-33(38-30)46-19-23-9-7-13-40(23)4)41-17-22-12-11-21(41)18-42(22)34(44)45/h5-6,8,10,14-16,21-23H,7,9,11-13,17-19H2,1-4H3,(H,44,45)/t21-,22-,23+/m1/s1. The van der Waals surface area contributed by atoms with Crippen LogP contribution in [-0.2, 0) is 4.79 Å². The number of anilines is 1. The molecule has 3 atom stereocenters. The largest absolute Gasteiger partial charge is 0.465 e. The predicted octanol–water partition coefficient (Wildman–Crippen LogP) is 5.74. The molecule has 1 amide bonds. The van der Waals surface area contributed by atoms with Gasteiger partial charge in [-0.2, -0.15) is 9.97 Å². The zero-order valence-electron chi connectivity index (χ0n) is 27.1. The summed E-state index contributed by atoms with van der Waals surface area (Å²) in [6.07, 6.45) is 4.27. The fourth-order valence-corrected chi connectivity index (χ4v) is 6.97. The van der Waals surface area contributed by atoms with Gasteiger partial charge in [0.2, 0.25) is 0 Å². The molecule has 0 aliphatic carbocycles. The number of likely N-dealkylation sites (N-methyl/N-ethyl adjacent to an activating group) is 1. The SMILES string of the molecule is CN1CCC[C@H]1COc1nc(N2C[C@H]3CC[C@@H]2CN3C(=O)O)c2cnc(-c3cc(OC(=O)C(C)(C)C)cc4ccccc34)c(F)c2n1. The number of amides is 1. The Hall–Kier alpha value is -4.58. The molecule has 4 saturated heterocycles. The zero-order chi connectivity index (χ0) is 33.0. The fourth-order valence-electron chi connectivity index (χ4n) is 6.97. The van der Waals surface area contributed by atoms with Crippen LogP contribution in [0.5, 0.6) is 11.8 Å². The summed E-state index contributed by atoms with van der Waals surface area (Å²) in [6.45, 7) is 7.45. The lowest BCUT2D eigenvalue weighted by Crippen LogP contribution is -2.64. The number of aromatic nitrogens is 3. The summed E-state index contributed by atoms with van der Waals surface area (Å²) in [5.74, 6) is -0.275. The number of piperazine rings is 1. The molecule has 0 radical (unpaired) electrons. The number of carbonyl (C=O) groups is 2. The molecule has 0 spiro atoms. The molecule has 0 saturated carbocycles. The number of carbonyl (C=O) groups excluding carboxylic acids is 1. The third-order valence-electron chi connectivity index (χ3n) is 9.68. The van der Waals surface area contributed by atoms with E-state index >= 15 is 4.39 Å². The average molecular weight is 643 g/mol. The molecule has 2 aromatic heterocycles. The molecule has 8 rings (SSSR count). The number of rotatable bonds is 6. The number of benzene rings is 2. The van der Waals surface area contributed by atoms with Crippen molar-refractivity contribution in [1.29, 1.82) is 0 Å². The van der Waals surface area contributed by atoms with Crippen molar-refractivity contribution in [2.45, 2.75) is 64.6 Å². The minimum atomic E-state index is -0.934. The van der Waals surface area contributed by atoms with Gasteiger partial charge in [0.15, 0.2) is 5.82 Å². The van der Waals surface area contributed by atoms with Gasteiger partial charge in [-0.05, 0) is 83.0 Å². The minimum Gasteiger partial charge on any atom is -0.465 e. The normalized spacial score (nSPS) is 21.5. The van der Waals surface area contributed by atoms with Gasteiger partial charge in [-0.1, -0.05) is 24.3 Å². The Morgan fingerprint density at radius 2 is 1.83 bits per heavy atom. The van der Waals surface area contributed by atoms with Gasteiger partial charge < -0.3 is 29.3 Å². The van der Waals surface area contributed by atoms with Crippen LogP contribution in [0, 0.1) is 11.2 Å². The maximum Gasteiger partial charge on any atom is 0.407 e. The zero-order valence-corrected chi connectivity index (χ0v) is 27.1. The van der Waals surface area contributed by atoms with E-state index in [4.69, 9.17) is 14.5 Å². The first-order chi connectivity index (χ1) is 22.5. The number of esters is 1. The van der Waals surface area contributed by atoms with E-state index in [2.05, 4.69) is 26.8 Å². The van der Waals surface area contributed by atoms with Crippen molar-refractivity contribution in [3.05, 3.63) is 48.4 Å². The highest BCUT2D eigenvalue weighted by Crippen LogP contribution is 2.40. The van der Waals surface area contributed by atoms with Crippen molar-refractivity contribution in [3.8, 4) is 23.0 Å². The molecule has 4 aliphatic rings. The van der Waals surface area contributed by atoms with Crippen LogP contribution in [0.15, 0.2) is 42.6 Å². The molecule has 2 aromatic carbocycles. The topological polar surface area (TPSA) is 121 Å². The van der Waals surface area contributed by atoms with E-state index in [9.17, 15) is 14.7 Å². The van der Waals surface area contributed by atoms with Crippen molar-refractivity contribution in [3.63, 3.8) is 0 Å². The summed E-state index contributed by atoms with van der Waals surface area (Å²) in [4.78, 5) is 44.5. The number of piperidine rings is 2. The average Bonchev–Trinajstić information content (AvgIpc) is 3.47. The van der Waals surface area contributed by atoms with Crippen LogP contribution in [0.3, 0.4) is 0 Å². The van der Waals surface area contributed by atoms with E-state index in [1.807, 2.05) is 24.3 Å². The highest BCUT2D eigenvalue weighted by Gasteiger charge is 2.42. The second kappa shape index (κ2) is 11.9. The molecule has 2 bridgehead atoms. The Morgan fingerprint density at radius 3 is 2.53 bits per heavy atom. The van der Waals surface area contributed by atoms with Crippen LogP contribution in [0.1, 0.15) is 46.5 Å². The van der Waals surface area contributed by atoms with Gasteiger partial charge in [0.25, 0.3) is 0 Å². The number of halogens is 1. The smallest absolute Gasteiger partial charge is 0.407 e. The first kappa shape index (κ1) is 31.0.